The van der Waals surface area contributed by atoms with E-state index in [2.05, 4.69) is 10.3 Å². The Morgan fingerprint density at radius 2 is 2.16 bits per heavy atom. The number of methoxy groups -OCH3 is 1. The highest BCUT2D eigenvalue weighted by molar-refractivity contribution is 7.11. The number of aliphatic imine (C=N–C) groups is 1. The summed E-state index contributed by atoms with van der Waals surface area (Å²) in [6.07, 6.45) is 3.60. The number of aromatic nitrogens is 1. The summed E-state index contributed by atoms with van der Waals surface area (Å²) in [5, 5.41) is 16.3. The summed E-state index contributed by atoms with van der Waals surface area (Å²) in [4.78, 5) is 22.1. The molecule has 6 rings (SSSR count). The fourth-order valence-electron chi connectivity index (χ4n) is 5.26. The summed E-state index contributed by atoms with van der Waals surface area (Å²) in [7, 11) is 1.33. The maximum Gasteiger partial charge on any atom is 0.338 e. The molecule has 3 saturated carbocycles. The number of carbonyl (C=O) groups is 1. The van der Waals surface area contributed by atoms with Crippen LogP contribution in [0.5, 0.6) is 0 Å². The van der Waals surface area contributed by atoms with E-state index in [4.69, 9.17) is 21.3 Å². The molecule has 0 radical (unpaired) electrons. The molecule has 0 saturated heterocycles. The molecule has 0 amide bonds. The molecule has 4 aliphatic rings. The van der Waals surface area contributed by atoms with Crippen LogP contribution in [0, 0.1) is 16.6 Å². The maximum absolute atomic E-state index is 13.7. The lowest BCUT2D eigenvalue weighted by atomic mass is 9.32. The average Bonchev–Trinajstić information content (AvgIpc) is 3.19. The van der Waals surface area contributed by atoms with Gasteiger partial charge in [-0.25, -0.2) is 14.2 Å². The zero-order valence-corrected chi connectivity index (χ0v) is 18.6. The number of halogens is 2. The van der Waals surface area contributed by atoms with Crippen LogP contribution in [0.25, 0.3) is 0 Å². The topological polar surface area (TPSA) is 83.8 Å². The monoisotopic (exact) mass is 461 g/mol. The van der Waals surface area contributed by atoms with E-state index in [0.29, 0.717) is 22.0 Å². The van der Waals surface area contributed by atoms with Crippen LogP contribution < -0.4 is 5.32 Å². The van der Waals surface area contributed by atoms with E-state index in [1.54, 1.807) is 12.3 Å². The molecule has 2 atom stereocenters. The van der Waals surface area contributed by atoms with E-state index in [0.717, 1.165) is 25.0 Å². The Hall–Kier alpha value is -2.29. The number of hydrogen-bond donors (Lipinski definition) is 2. The van der Waals surface area contributed by atoms with Crippen molar-refractivity contribution in [2.24, 2.45) is 15.8 Å². The molecule has 1 aromatic heterocycles. The zero-order valence-electron chi connectivity index (χ0n) is 17.0. The first-order valence-corrected chi connectivity index (χ1v) is 11.2. The molecule has 2 bridgehead atoms. The van der Waals surface area contributed by atoms with E-state index < -0.39 is 23.9 Å². The van der Waals surface area contributed by atoms with Crippen LogP contribution >= 0.6 is 22.9 Å². The van der Waals surface area contributed by atoms with Crippen molar-refractivity contribution < 1.29 is 19.0 Å². The molecule has 1 aliphatic heterocycles. The lowest BCUT2D eigenvalue weighted by Crippen LogP contribution is -2.69. The first kappa shape index (κ1) is 20.6. The van der Waals surface area contributed by atoms with Crippen LogP contribution in [-0.2, 0) is 9.53 Å². The first-order chi connectivity index (χ1) is 14.8. The Labute approximate surface area is 187 Å². The molecule has 162 valence electrons. The molecule has 3 fully saturated rings. The van der Waals surface area contributed by atoms with Gasteiger partial charge in [-0.15, -0.1) is 11.3 Å². The van der Waals surface area contributed by atoms with E-state index in [1.165, 1.54) is 30.6 Å². The minimum atomic E-state index is -0.757. The molecular weight excluding hydrogens is 441 g/mol. The van der Waals surface area contributed by atoms with Crippen molar-refractivity contribution in [2.45, 2.75) is 38.3 Å². The van der Waals surface area contributed by atoms with Crippen molar-refractivity contribution in [2.75, 3.05) is 7.11 Å². The molecule has 2 aromatic rings. The highest BCUT2D eigenvalue weighted by Crippen LogP contribution is 2.77. The predicted molar refractivity (Wildman–Crippen MR) is 115 cm³/mol. The number of hydrogen-bond acceptors (Lipinski definition) is 7. The number of aliphatic hydroxyl groups is 1. The van der Waals surface area contributed by atoms with Gasteiger partial charge in [0.15, 0.2) is 10.8 Å². The van der Waals surface area contributed by atoms with Gasteiger partial charge in [-0.2, -0.15) is 0 Å². The van der Waals surface area contributed by atoms with Crippen LogP contribution in [0.1, 0.15) is 42.8 Å². The number of carbonyl (C=O) groups excluding carboxylic acids is 1. The molecule has 9 heteroatoms. The lowest BCUT2D eigenvalue weighted by Gasteiger charge is -2.73. The zero-order chi connectivity index (χ0) is 22.0. The molecule has 1 aromatic carbocycles. The van der Waals surface area contributed by atoms with Gasteiger partial charge in [0.2, 0.25) is 0 Å². The highest BCUT2D eigenvalue weighted by atomic mass is 35.5. The number of nitrogens with one attached hydrogen (secondary N) is 1. The number of thiazole rings is 1. The normalized spacial score (nSPS) is 30.0. The van der Waals surface area contributed by atoms with Gasteiger partial charge in [0.1, 0.15) is 11.9 Å². The van der Waals surface area contributed by atoms with Crippen LogP contribution in [0.15, 0.2) is 46.0 Å². The third-order valence-corrected chi connectivity index (χ3v) is 7.94. The largest absolute Gasteiger partial charge is 0.466 e. The summed E-state index contributed by atoms with van der Waals surface area (Å²) in [5.41, 5.74) is 1.27. The Kier molecular flexibility index (Phi) is 4.73. The van der Waals surface area contributed by atoms with E-state index in [-0.39, 0.29) is 15.9 Å². The van der Waals surface area contributed by atoms with Crippen molar-refractivity contribution in [3.63, 3.8) is 0 Å². The predicted octanol–water partition coefficient (Wildman–Crippen LogP) is 4.00. The molecular formula is C22H21ClFN3O3S. The number of allylic oxidation sites excluding steroid dienone is 1. The van der Waals surface area contributed by atoms with Crippen molar-refractivity contribution >= 4 is 34.7 Å². The molecule has 2 unspecified atom stereocenters. The second-order valence-electron chi connectivity index (χ2n) is 8.64. The van der Waals surface area contributed by atoms with Crippen LogP contribution in [0.3, 0.4) is 0 Å². The van der Waals surface area contributed by atoms with E-state index >= 15 is 0 Å². The molecule has 31 heavy (non-hydrogen) atoms. The lowest BCUT2D eigenvalue weighted by molar-refractivity contribution is -0.231. The first-order valence-electron chi connectivity index (χ1n) is 9.99. The Morgan fingerprint density at radius 3 is 2.74 bits per heavy atom. The highest BCUT2D eigenvalue weighted by Gasteiger charge is 2.72. The SMILES string of the molecule is COC(=O)C1=C(C23CC(C(C)O)(C2)C3)NC(c2nccs2)=NC1c1ccc(F)cc1Cl. The number of aliphatic hydroxyl groups excluding tert-OH is 1. The second kappa shape index (κ2) is 7.12. The summed E-state index contributed by atoms with van der Waals surface area (Å²) < 4.78 is 18.9. The number of ether oxygens (including phenoxy) is 1. The van der Waals surface area contributed by atoms with Gasteiger partial charge >= 0.3 is 5.97 Å². The standard InChI is InChI=1S/C22H21ClFN3O3S/c1-11(28)21-8-22(9-21,10-21)17-15(20(29)30-2)16(13-4-3-12(24)7-14(13)23)26-18(27-17)19-25-5-6-31-19/h3-7,11,16,28H,8-10H2,1-2H3,(H,26,27). The quantitative estimate of drug-likeness (QED) is 0.657. The Bertz CT molecular complexity index is 1110. The Morgan fingerprint density at radius 1 is 1.42 bits per heavy atom. The fourth-order valence-corrected chi connectivity index (χ4v) is 6.12. The van der Waals surface area contributed by atoms with E-state index in [1.807, 2.05) is 12.3 Å². The third kappa shape index (κ3) is 3.03. The van der Waals surface area contributed by atoms with Crippen molar-refractivity contribution in [3.05, 3.63) is 62.5 Å². The average molecular weight is 462 g/mol. The van der Waals surface area contributed by atoms with Gasteiger partial charge in [0, 0.05) is 33.3 Å². The molecule has 3 aliphatic carbocycles. The van der Waals surface area contributed by atoms with Crippen molar-refractivity contribution in [1.29, 1.82) is 0 Å². The van der Waals surface area contributed by atoms with Crippen LogP contribution in [0.4, 0.5) is 4.39 Å². The minimum Gasteiger partial charge on any atom is -0.466 e. The number of rotatable bonds is 5. The third-order valence-electron chi connectivity index (χ3n) is 6.83. The molecule has 2 N–H and O–H groups in total. The van der Waals surface area contributed by atoms with Crippen LogP contribution in [0.2, 0.25) is 5.02 Å². The van der Waals surface area contributed by atoms with E-state index in [9.17, 15) is 14.3 Å². The number of amidine groups is 1. The minimum absolute atomic E-state index is 0.102. The van der Waals surface area contributed by atoms with Gasteiger partial charge < -0.3 is 15.2 Å². The number of nitrogens with zero attached hydrogens (tertiary/aromatic N) is 2. The number of esters is 1. The maximum atomic E-state index is 13.7. The van der Waals surface area contributed by atoms with Gasteiger partial charge in [0.25, 0.3) is 0 Å². The summed E-state index contributed by atoms with van der Waals surface area (Å²) in [6.45, 7) is 1.82. The van der Waals surface area contributed by atoms with Crippen molar-refractivity contribution in [3.8, 4) is 0 Å². The second-order valence-corrected chi connectivity index (χ2v) is 9.94. The summed E-state index contributed by atoms with van der Waals surface area (Å²) in [6, 6.07) is 3.32. The smallest absolute Gasteiger partial charge is 0.338 e. The summed E-state index contributed by atoms with van der Waals surface area (Å²) in [5.74, 6) is -0.432. The van der Waals surface area contributed by atoms with Crippen molar-refractivity contribution in [1.82, 2.24) is 10.3 Å². The van der Waals surface area contributed by atoms with Gasteiger partial charge in [-0.1, -0.05) is 17.7 Å². The van der Waals surface area contributed by atoms with Gasteiger partial charge in [0.05, 0.1) is 18.8 Å². The molecule has 2 heterocycles. The van der Waals surface area contributed by atoms with Gasteiger partial charge in [-0.05, 0) is 43.7 Å². The molecule has 0 spiro atoms. The van der Waals surface area contributed by atoms with Crippen LogP contribution in [-0.4, -0.2) is 35.1 Å². The Balaban J connectivity index is 1.66. The summed E-state index contributed by atoms with van der Waals surface area (Å²) >= 11 is 7.81. The fraction of sp³-hybridized carbons (Fsp3) is 0.409. The molecule has 6 nitrogen and oxygen atoms in total. The van der Waals surface area contributed by atoms with Gasteiger partial charge in [-0.3, -0.25) is 4.99 Å². The number of benzene rings is 1.